The van der Waals surface area contributed by atoms with Crippen LogP contribution in [0.3, 0.4) is 0 Å². The smallest absolute Gasteiger partial charge is 0.220 e. The molecule has 136 valence electrons. The summed E-state index contributed by atoms with van der Waals surface area (Å²) in [7, 11) is 0. The zero-order valence-corrected chi connectivity index (χ0v) is 15.6. The summed E-state index contributed by atoms with van der Waals surface area (Å²) in [5, 5.41) is 11.1. The molecule has 8 heteroatoms. The predicted molar refractivity (Wildman–Crippen MR) is 102 cm³/mol. The summed E-state index contributed by atoms with van der Waals surface area (Å²) in [6.07, 6.45) is 3.04. The maximum Gasteiger partial charge on any atom is 0.220 e. The number of benzene rings is 1. The number of nitrogens with zero attached hydrogens (tertiary/aromatic N) is 4. The maximum absolute atomic E-state index is 12.3. The number of anilines is 1. The minimum atomic E-state index is 0.0589. The van der Waals surface area contributed by atoms with Gasteiger partial charge in [0.25, 0.3) is 0 Å². The molecule has 0 spiro atoms. The lowest BCUT2D eigenvalue weighted by Gasteiger charge is -2.32. The number of hydrogen-bond acceptors (Lipinski definition) is 6. The highest BCUT2D eigenvalue weighted by atomic mass is 32.1. The first-order valence-corrected chi connectivity index (χ1v) is 9.77. The highest BCUT2D eigenvalue weighted by Crippen LogP contribution is 2.30. The van der Waals surface area contributed by atoms with Gasteiger partial charge in [-0.2, -0.15) is 5.10 Å². The first kappa shape index (κ1) is 17.0. The van der Waals surface area contributed by atoms with E-state index in [0.29, 0.717) is 18.7 Å². The number of aromatic nitrogens is 4. The molecule has 0 unspecified atom stereocenters. The standard InChI is InChI=1S/C18H22N6OS/c1-12-19-16(23-22-12)8-9-17(25)20-13-5-4-10-24(11-13)18-21-14-6-2-3-7-15(14)26-18/h2-3,6-7,13H,4-5,8-11H2,1H3,(H,20,25)(H,19,22,23)/t13-/m0/s1. The number of H-pyrrole nitrogens is 1. The molecule has 2 aromatic heterocycles. The molecule has 1 amide bonds. The Morgan fingerprint density at radius 2 is 2.27 bits per heavy atom. The van der Waals surface area contributed by atoms with Gasteiger partial charge in [0, 0.05) is 32.0 Å². The molecule has 2 N–H and O–H groups in total. The van der Waals surface area contributed by atoms with Crippen molar-refractivity contribution in [2.45, 2.75) is 38.6 Å². The van der Waals surface area contributed by atoms with Gasteiger partial charge in [-0.1, -0.05) is 23.5 Å². The van der Waals surface area contributed by atoms with Crippen LogP contribution in [0.15, 0.2) is 24.3 Å². The van der Waals surface area contributed by atoms with Gasteiger partial charge in [0.05, 0.1) is 10.2 Å². The van der Waals surface area contributed by atoms with E-state index in [9.17, 15) is 4.79 Å². The number of piperidine rings is 1. The van der Waals surface area contributed by atoms with E-state index < -0.39 is 0 Å². The molecule has 4 rings (SSSR count). The summed E-state index contributed by atoms with van der Waals surface area (Å²) < 4.78 is 1.20. The lowest BCUT2D eigenvalue weighted by Crippen LogP contribution is -2.47. The first-order valence-electron chi connectivity index (χ1n) is 8.95. The van der Waals surface area contributed by atoms with E-state index in [-0.39, 0.29) is 11.9 Å². The van der Waals surface area contributed by atoms with Gasteiger partial charge in [0.15, 0.2) is 11.0 Å². The van der Waals surface area contributed by atoms with Crippen LogP contribution in [-0.4, -0.2) is 45.2 Å². The third-order valence-electron chi connectivity index (χ3n) is 4.56. The van der Waals surface area contributed by atoms with Gasteiger partial charge in [-0.3, -0.25) is 9.89 Å². The second kappa shape index (κ2) is 7.41. The predicted octanol–water partition coefficient (Wildman–Crippen LogP) is 2.44. The first-order chi connectivity index (χ1) is 12.7. The van der Waals surface area contributed by atoms with Crippen molar-refractivity contribution in [3.8, 4) is 0 Å². The van der Waals surface area contributed by atoms with Gasteiger partial charge in [-0.15, -0.1) is 0 Å². The number of hydrogen-bond donors (Lipinski definition) is 2. The number of carbonyl (C=O) groups is 1. The Balaban J connectivity index is 1.33. The molecular weight excluding hydrogens is 348 g/mol. The average Bonchev–Trinajstić information content (AvgIpc) is 3.26. The number of thiazole rings is 1. The molecule has 1 aliphatic heterocycles. The van der Waals surface area contributed by atoms with E-state index in [4.69, 9.17) is 4.98 Å². The Morgan fingerprint density at radius 3 is 3.08 bits per heavy atom. The van der Waals surface area contributed by atoms with Gasteiger partial charge in [-0.05, 0) is 31.9 Å². The molecule has 1 saturated heterocycles. The zero-order chi connectivity index (χ0) is 17.9. The molecule has 3 heterocycles. The van der Waals surface area contributed by atoms with Crippen molar-refractivity contribution in [3.05, 3.63) is 35.9 Å². The van der Waals surface area contributed by atoms with Gasteiger partial charge in [0.2, 0.25) is 5.91 Å². The quantitative estimate of drug-likeness (QED) is 0.720. The second-order valence-corrected chi connectivity index (χ2v) is 7.66. The third-order valence-corrected chi connectivity index (χ3v) is 5.66. The molecule has 7 nitrogen and oxygen atoms in total. The van der Waals surface area contributed by atoms with Crippen LogP contribution in [0.25, 0.3) is 10.2 Å². The monoisotopic (exact) mass is 370 g/mol. The van der Waals surface area contributed by atoms with E-state index >= 15 is 0 Å². The van der Waals surface area contributed by atoms with Crippen molar-refractivity contribution in [1.82, 2.24) is 25.5 Å². The number of aromatic amines is 1. The number of amides is 1. The van der Waals surface area contributed by atoms with E-state index in [0.717, 1.165) is 42.4 Å². The van der Waals surface area contributed by atoms with Crippen molar-refractivity contribution in [2.24, 2.45) is 0 Å². The largest absolute Gasteiger partial charge is 0.352 e. The Kier molecular flexibility index (Phi) is 4.83. The molecule has 0 bridgehead atoms. The van der Waals surface area contributed by atoms with Crippen LogP contribution in [0.2, 0.25) is 0 Å². The Bertz CT molecular complexity index is 871. The van der Waals surface area contributed by atoms with E-state index in [1.807, 2.05) is 25.1 Å². The van der Waals surface area contributed by atoms with Crippen LogP contribution in [0, 0.1) is 6.92 Å². The average molecular weight is 370 g/mol. The number of fused-ring (bicyclic) bond motifs is 1. The molecule has 0 saturated carbocycles. The lowest BCUT2D eigenvalue weighted by molar-refractivity contribution is -0.121. The zero-order valence-electron chi connectivity index (χ0n) is 14.7. The van der Waals surface area contributed by atoms with Crippen LogP contribution in [0.4, 0.5) is 5.13 Å². The van der Waals surface area contributed by atoms with E-state index in [1.165, 1.54) is 4.70 Å². The van der Waals surface area contributed by atoms with Crippen molar-refractivity contribution in [3.63, 3.8) is 0 Å². The van der Waals surface area contributed by atoms with E-state index in [2.05, 4.69) is 31.5 Å². The fraction of sp³-hybridized carbons (Fsp3) is 0.444. The summed E-state index contributed by atoms with van der Waals surface area (Å²) >= 11 is 1.72. The minimum Gasteiger partial charge on any atom is -0.352 e. The maximum atomic E-state index is 12.3. The van der Waals surface area contributed by atoms with Gasteiger partial charge in [0.1, 0.15) is 5.82 Å². The third kappa shape index (κ3) is 3.85. The number of rotatable bonds is 5. The summed E-state index contributed by atoms with van der Waals surface area (Å²) in [6, 6.07) is 8.37. The van der Waals surface area contributed by atoms with Crippen molar-refractivity contribution < 1.29 is 4.79 Å². The van der Waals surface area contributed by atoms with Gasteiger partial charge < -0.3 is 10.2 Å². The molecule has 1 fully saturated rings. The highest BCUT2D eigenvalue weighted by molar-refractivity contribution is 7.22. The van der Waals surface area contributed by atoms with Crippen LogP contribution < -0.4 is 10.2 Å². The van der Waals surface area contributed by atoms with Crippen molar-refractivity contribution in [1.29, 1.82) is 0 Å². The number of aryl methyl sites for hydroxylation is 2. The van der Waals surface area contributed by atoms with Gasteiger partial charge in [-0.25, -0.2) is 9.97 Å². The fourth-order valence-corrected chi connectivity index (χ4v) is 4.29. The summed E-state index contributed by atoms with van der Waals surface area (Å²) in [4.78, 5) is 23.5. The minimum absolute atomic E-state index is 0.0589. The fourth-order valence-electron chi connectivity index (χ4n) is 3.29. The lowest BCUT2D eigenvalue weighted by atomic mass is 10.1. The van der Waals surface area contributed by atoms with Crippen LogP contribution >= 0.6 is 11.3 Å². The van der Waals surface area contributed by atoms with Gasteiger partial charge >= 0.3 is 0 Å². The summed E-state index contributed by atoms with van der Waals surface area (Å²) in [5.74, 6) is 1.53. The highest BCUT2D eigenvalue weighted by Gasteiger charge is 2.23. The SMILES string of the molecule is Cc1nc(CCC(=O)N[C@H]2CCCN(c3nc4ccccc4s3)C2)n[nH]1. The molecule has 1 aromatic carbocycles. The molecule has 3 aromatic rings. The Hall–Kier alpha value is -2.48. The molecule has 1 aliphatic rings. The normalized spacial score (nSPS) is 17.6. The summed E-state index contributed by atoms with van der Waals surface area (Å²) in [6.45, 7) is 3.66. The molecular formula is C18H22N6OS. The van der Waals surface area contributed by atoms with E-state index in [1.54, 1.807) is 11.3 Å². The number of nitrogens with one attached hydrogen (secondary N) is 2. The van der Waals surface area contributed by atoms with Crippen LogP contribution in [-0.2, 0) is 11.2 Å². The van der Waals surface area contributed by atoms with Crippen molar-refractivity contribution in [2.75, 3.05) is 18.0 Å². The molecule has 1 atom stereocenters. The molecule has 0 radical (unpaired) electrons. The van der Waals surface area contributed by atoms with Crippen molar-refractivity contribution >= 4 is 32.6 Å². The van der Waals surface area contributed by atoms with Crippen LogP contribution in [0.1, 0.15) is 30.9 Å². The molecule has 26 heavy (non-hydrogen) atoms. The number of carbonyl (C=O) groups excluding carboxylic acids is 1. The topological polar surface area (TPSA) is 86.8 Å². The number of para-hydroxylation sites is 1. The Morgan fingerprint density at radius 1 is 1.38 bits per heavy atom. The second-order valence-electron chi connectivity index (χ2n) is 6.65. The molecule has 0 aliphatic carbocycles. The summed E-state index contributed by atoms with van der Waals surface area (Å²) in [5.41, 5.74) is 1.04. The van der Waals surface area contributed by atoms with Crippen LogP contribution in [0.5, 0.6) is 0 Å². The Labute approximate surface area is 155 Å².